The van der Waals surface area contributed by atoms with Crippen LogP contribution in [-0.2, 0) is 0 Å². The number of rotatable bonds is 0. The Morgan fingerprint density at radius 2 is 1.50 bits per heavy atom. The van der Waals surface area contributed by atoms with Crippen LogP contribution in [0.5, 0.6) is 0 Å². The SMILES string of the molecule is Cc1nccn1C(=O)n1ccnc1C. The molecule has 5 nitrogen and oxygen atoms in total. The Hall–Kier alpha value is -1.91. The van der Waals surface area contributed by atoms with E-state index < -0.39 is 0 Å². The predicted octanol–water partition coefficient (Wildman–Crippen LogP) is 1.21. The highest BCUT2D eigenvalue weighted by atomic mass is 16.2. The van der Waals surface area contributed by atoms with E-state index in [2.05, 4.69) is 9.97 Å². The molecule has 2 rings (SSSR count). The lowest BCUT2D eigenvalue weighted by Crippen LogP contribution is -2.20. The number of carbonyl (C=O) groups is 1. The Bertz CT molecular complexity index is 426. The monoisotopic (exact) mass is 190 g/mol. The summed E-state index contributed by atoms with van der Waals surface area (Å²) < 4.78 is 2.96. The van der Waals surface area contributed by atoms with Crippen LogP contribution in [-0.4, -0.2) is 25.1 Å². The molecule has 0 aliphatic rings. The third kappa shape index (κ3) is 1.22. The fraction of sp³-hybridized carbons (Fsp3) is 0.222. The maximum Gasteiger partial charge on any atom is 0.339 e. The fourth-order valence-electron chi connectivity index (χ4n) is 1.28. The summed E-state index contributed by atoms with van der Waals surface area (Å²) in [6.07, 6.45) is 6.47. The third-order valence-electron chi connectivity index (χ3n) is 2.06. The van der Waals surface area contributed by atoms with Crippen molar-refractivity contribution in [2.75, 3.05) is 0 Å². The van der Waals surface area contributed by atoms with E-state index in [0.29, 0.717) is 11.6 Å². The molecule has 2 aromatic rings. The van der Waals surface area contributed by atoms with Crippen LogP contribution in [0.2, 0.25) is 0 Å². The van der Waals surface area contributed by atoms with Gasteiger partial charge in [0.25, 0.3) is 0 Å². The first-order chi connectivity index (χ1) is 6.70. The zero-order valence-electron chi connectivity index (χ0n) is 8.01. The van der Waals surface area contributed by atoms with Crippen LogP contribution in [0.25, 0.3) is 0 Å². The summed E-state index contributed by atoms with van der Waals surface area (Å²) in [6.45, 7) is 3.56. The van der Waals surface area contributed by atoms with Crippen molar-refractivity contribution in [2.24, 2.45) is 0 Å². The van der Waals surface area contributed by atoms with Gasteiger partial charge in [-0.25, -0.2) is 14.8 Å². The van der Waals surface area contributed by atoms with E-state index in [1.54, 1.807) is 38.6 Å². The number of aryl methyl sites for hydroxylation is 2. The molecule has 14 heavy (non-hydrogen) atoms. The Labute approximate surface area is 81.0 Å². The lowest BCUT2D eigenvalue weighted by molar-refractivity contribution is 0.243. The van der Waals surface area contributed by atoms with Crippen LogP contribution in [0, 0.1) is 13.8 Å². The molecule has 0 unspecified atom stereocenters. The van der Waals surface area contributed by atoms with E-state index in [9.17, 15) is 4.79 Å². The highest BCUT2D eigenvalue weighted by Gasteiger charge is 2.11. The van der Waals surface area contributed by atoms with Crippen LogP contribution < -0.4 is 0 Å². The fourth-order valence-corrected chi connectivity index (χ4v) is 1.28. The standard InChI is InChI=1S/C9H10N4O/c1-7-10-3-5-12(7)9(14)13-6-4-11-8(13)2/h3-6H,1-2H3. The van der Waals surface area contributed by atoms with Crippen LogP contribution in [0.15, 0.2) is 24.8 Å². The molecule has 0 saturated carbocycles. The van der Waals surface area contributed by atoms with Gasteiger partial charge in [0, 0.05) is 24.8 Å². The highest BCUT2D eigenvalue weighted by molar-refractivity contribution is 5.80. The van der Waals surface area contributed by atoms with Crippen molar-refractivity contribution >= 4 is 6.03 Å². The van der Waals surface area contributed by atoms with E-state index in [1.165, 1.54) is 9.13 Å². The zero-order chi connectivity index (χ0) is 10.1. The highest BCUT2D eigenvalue weighted by Crippen LogP contribution is 2.01. The lowest BCUT2D eigenvalue weighted by atomic mass is 10.6. The van der Waals surface area contributed by atoms with E-state index in [1.807, 2.05) is 0 Å². The van der Waals surface area contributed by atoms with Crippen LogP contribution in [0.4, 0.5) is 4.79 Å². The van der Waals surface area contributed by atoms with Gasteiger partial charge in [0.15, 0.2) is 0 Å². The summed E-state index contributed by atoms with van der Waals surface area (Å²) in [7, 11) is 0. The maximum absolute atomic E-state index is 11.9. The second-order valence-electron chi connectivity index (χ2n) is 2.97. The average Bonchev–Trinajstić information content (AvgIpc) is 2.73. The number of nitrogens with zero attached hydrogens (tertiary/aromatic N) is 4. The number of aromatic nitrogens is 4. The van der Waals surface area contributed by atoms with Crippen LogP contribution >= 0.6 is 0 Å². The third-order valence-corrected chi connectivity index (χ3v) is 2.06. The number of hydrogen-bond acceptors (Lipinski definition) is 3. The van der Waals surface area contributed by atoms with Gasteiger partial charge in [0.05, 0.1) is 0 Å². The van der Waals surface area contributed by atoms with Gasteiger partial charge in [0.1, 0.15) is 11.6 Å². The number of carbonyl (C=O) groups excluding carboxylic acids is 1. The van der Waals surface area contributed by atoms with Crippen LogP contribution in [0.1, 0.15) is 11.6 Å². The molecule has 0 aliphatic carbocycles. The Morgan fingerprint density at radius 3 is 1.79 bits per heavy atom. The summed E-state index contributed by atoms with van der Waals surface area (Å²) in [4.78, 5) is 19.8. The molecule has 0 aromatic carbocycles. The van der Waals surface area contributed by atoms with Gasteiger partial charge in [-0.1, -0.05) is 0 Å². The minimum absolute atomic E-state index is 0.157. The summed E-state index contributed by atoms with van der Waals surface area (Å²) in [5.41, 5.74) is 0. The molecule has 72 valence electrons. The molecule has 0 aliphatic heterocycles. The summed E-state index contributed by atoms with van der Waals surface area (Å²) in [5.74, 6) is 1.34. The van der Waals surface area contributed by atoms with E-state index in [0.717, 1.165) is 0 Å². The molecule has 0 amide bonds. The molecule has 2 heterocycles. The molecule has 0 N–H and O–H groups in total. The number of imidazole rings is 2. The molecular formula is C9H10N4O. The van der Waals surface area contributed by atoms with Gasteiger partial charge in [-0.2, -0.15) is 0 Å². The first kappa shape index (κ1) is 8.68. The van der Waals surface area contributed by atoms with Crippen molar-refractivity contribution in [1.82, 2.24) is 19.1 Å². The van der Waals surface area contributed by atoms with Gasteiger partial charge in [-0.05, 0) is 13.8 Å². The molecule has 0 radical (unpaired) electrons. The second-order valence-corrected chi connectivity index (χ2v) is 2.97. The molecule has 0 saturated heterocycles. The molecule has 5 heteroatoms. The minimum Gasteiger partial charge on any atom is -0.255 e. The van der Waals surface area contributed by atoms with Gasteiger partial charge >= 0.3 is 6.03 Å². The van der Waals surface area contributed by atoms with Gasteiger partial charge in [-0.15, -0.1) is 0 Å². The van der Waals surface area contributed by atoms with Crippen LogP contribution in [0.3, 0.4) is 0 Å². The second kappa shape index (κ2) is 3.10. The molecule has 0 spiro atoms. The molecule has 0 atom stereocenters. The Kier molecular flexibility index (Phi) is 1.92. The smallest absolute Gasteiger partial charge is 0.255 e. The summed E-state index contributed by atoms with van der Waals surface area (Å²) >= 11 is 0. The normalized spacial score (nSPS) is 10.4. The Morgan fingerprint density at radius 1 is 1.07 bits per heavy atom. The largest absolute Gasteiger partial charge is 0.339 e. The van der Waals surface area contributed by atoms with Gasteiger partial charge in [-0.3, -0.25) is 9.13 Å². The molecular weight excluding hydrogens is 180 g/mol. The minimum atomic E-state index is -0.157. The maximum atomic E-state index is 11.9. The van der Waals surface area contributed by atoms with Crippen molar-refractivity contribution in [3.63, 3.8) is 0 Å². The molecule has 0 bridgehead atoms. The summed E-state index contributed by atoms with van der Waals surface area (Å²) in [5, 5.41) is 0. The van der Waals surface area contributed by atoms with Crippen molar-refractivity contribution in [3.05, 3.63) is 36.4 Å². The Balaban J connectivity index is 2.44. The molecule has 2 aromatic heterocycles. The first-order valence-electron chi connectivity index (χ1n) is 4.25. The zero-order valence-corrected chi connectivity index (χ0v) is 8.01. The quantitative estimate of drug-likeness (QED) is 0.627. The predicted molar refractivity (Wildman–Crippen MR) is 50.1 cm³/mol. The topological polar surface area (TPSA) is 52.7 Å². The van der Waals surface area contributed by atoms with Crippen molar-refractivity contribution < 1.29 is 4.79 Å². The molecule has 0 fully saturated rings. The van der Waals surface area contributed by atoms with Gasteiger partial charge in [0.2, 0.25) is 0 Å². The first-order valence-corrected chi connectivity index (χ1v) is 4.25. The summed E-state index contributed by atoms with van der Waals surface area (Å²) in [6, 6.07) is -0.157. The lowest BCUT2D eigenvalue weighted by Gasteiger charge is -2.04. The van der Waals surface area contributed by atoms with E-state index >= 15 is 0 Å². The van der Waals surface area contributed by atoms with Crippen molar-refractivity contribution in [2.45, 2.75) is 13.8 Å². The van der Waals surface area contributed by atoms with Crippen molar-refractivity contribution in [1.29, 1.82) is 0 Å². The average molecular weight is 190 g/mol. The van der Waals surface area contributed by atoms with E-state index in [-0.39, 0.29) is 6.03 Å². The van der Waals surface area contributed by atoms with Crippen molar-refractivity contribution in [3.8, 4) is 0 Å². The van der Waals surface area contributed by atoms with E-state index in [4.69, 9.17) is 0 Å². The number of hydrogen-bond donors (Lipinski definition) is 0. The van der Waals surface area contributed by atoms with Gasteiger partial charge < -0.3 is 0 Å².